The number of fused-ring (bicyclic) bond motifs is 1. The third kappa shape index (κ3) is 4.27. The number of hydrogen-bond donors (Lipinski definition) is 0. The zero-order chi connectivity index (χ0) is 26.6. The number of sulfone groups is 1. The lowest BCUT2D eigenvalue weighted by molar-refractivity contribution is -0.137. The van der Waals surface area contributed by atoms with E-state index in [4.69, 9.17) is 0 Å². The highest BCUT2D eigenvalue weighted by atomic mass is 32.2. The van der Waals surface area contributed by atoms with Crippen molar-refractivity contribution in [3.63, 3.8) is 0 Å². The average molecular weight is 525 g/mol. The summed E-state index contributed by atoms with van der Waals surface area (Å²) in [5.41, 5.74) is -0.406. The summed E-state index contributed by atoms with van der Waals surface area (Å²) in [6.07, 6.45) is -0.518. The number of nitrogens with zero attached hydrogens (tertiary/aromatic N) is 4. The van der Waals surface area contributed by atoms with Crippen molar-refractivity contribution in [2.75, 3.05) is 5.75 Å². The van der Waals surface area contributed by atoms with Crippen molar-refractivity contribution >= 4 is 20.6 Å². The van der Waals surface area contributed by atoms with E-state index in [-0.39, 0.29) is 27.2 Å². The Bertz CT molecular complexity index is 1750. The van der Waals surface area contributed by atoms with Gasteiger partial charge >= 0.3 is 6.18 Å². The summed E-state index contributed by atoms with van der Waals surface area (Å²) in [6.45, 7) is 1.43. The van der Waals surface area contributed by atoms with Gasteiger partial charge in [0.05, 0.1) is 34.4 Å². The summed E-state index contributed by atoms with van der Waals surface area (Å²) in [7, 11) is -3.92. The SMILES string of the molecule is CCS(=O)(=O)c1cc(-c2ccc(C3(C#N)CC3)cc2)cnc1-n1ncc2ccc(C(F)(F)F)cc2c1=O. The monoisotopic (exact) mass is 524 g/mol. The van der Waals surface area contributed by atoms with Crippen LogP contribution in [0.4, 0.5) is 13.2 Å². The van der Waals surface area contributed by atoms with E-state index in [1.807, 2.05) is 12.1 Å². The molecule has 37 heavy (non-hydrogen) atoms. The van der Waals surface area contributed by atoms with Crippen molar-refractivity contribution in [2.24, 2.45) is 0 Å². The molecule has 2 aromatic carbocycles. The van der Waals surface area contributed by atoms with E-state index >= 15 is 0 Å². The molecule has 4 aromatic rings. The summed E-state index contributed by atoms with van der Waals surface area (Å²) in [5, 5.41) is 13.3. The third-order valence-corrected chi connectivity index (χ3v) is 8.33. The highest BCUT2D eigenvalue weighted by Crippen LogP contribution is 2.47. The Kier molecular flexibility index (Phi) is 5.68. The molecule has 2 heterocycles. The molecule has 0 bridgehead atoms. The first kappa shape index (κ1) is 24.6. The Morgan fingerprint density at radius 1 is 1.05 bits per heavy atom. The molecule has 0 aliphatic heterocycles. The molecule has 1 saturated carbocycles. The zero-order valence-corrected chi connectivity index (χ0v) is 20.3. The normalized spacial score (nSPS) is 14.9. The molecular formula is C26H19F3N4O3S. The summed E-state index contributed by atoms with van der Waals surface area (Å²) >= 11 is 0. The van der Waals surface area contributed by atoms with E-state index in [0.717, 1.165) is 30.5 Å². The van der Waals surface area contributed by atoms with Gasteiger partial charge in [-0.2, -0.15) is 28.2 Å². The summed E-state index contributed by atoms with van der Waals surface area (Å²) in [6, 6.07) is 13.6. The van der Waals surface area contributed by atoms with Crippen molar-refractivity contribution in [1.82, 2.24) is 14.8 Å². The first-order chi connectivity index (χ1) is 17.5. The van der Waals surface area contributed by atoms with Crippen LogP contribution in [0.2, 0.25) is 0 Å². The van der Waals surface area contributed by atoms with Crippen molar-refractivity contribution in [3.8, 4) is 23.0 Å². The van der Waals surface area contributed by atoms with Crippen molar-refractivity contribution < 1.29 is 21.6 Å². The number of aromatic nitrogens is 3. The predicted octanol–water partition coefficient (Wildman–Crippen LogP) is 4.82. The fourth-order valence-electron chi connectivity index (χ4n) is 4.18. The molecule has 0 spiro atoms. The molecule has 0 saturated heterocycles. The molecule has 1 aliphatic carbocycles. The van der Waals surface area contributed by atoms with Crippen molar-refractivity contribution in [1.29, 1.82) is 5.26 Å². The number of halogens is 3. The van der Waals surface area contributed by atoms with Crippen molar-refractivity contribution in [3.05, 3.63) is 82.4 Å². The molecule has 7 nitrogen and oxygen atoms in total. The number of rotatable bonds is 5. The van der Waals surface area contributed by atoms with Gasteiger partial charge in [0.2, 0.25) is 0 Å². The molecule has 5 rings (SSSR count). The molecule has 0 radical (unpaired) electrons. The first-order valence-electron chi connectivity index (χ1n) is 11.3. The second-order valence-corrected chi connectivity index (χ2v) is 11.1. The summed E-state index contributed by atoms with van der Waals surface area (Å²) in [5.74, 6) is -0.595. The van der Waals surface area contributed by atoms with Crippen LogP contribution >= 0.6 is 0 Å². The van der Waals surface area contributed by atoms with Gasteiger partial charge in [0.25, 0.3) is 5.56 Å². The van der Waals surface area contributed by atoms with Crippen LogP contribution in [0, 0.1) is 11.3 Å². The molecule has 0 unspecified atom stereocenters. The molecular weight excluding hydrogens is 505 g/mol. The predicted molar refractivity (Wildman–Crippen MR) is 130 cm³/mol. The summed E-state index contributed by atoms with van der Waals surface area (Å²) in [4.78, 5) is 17.1. The van der Waals surface area contributed by atoms with Crippen LogP contribution in [-0.2, 0) is 21.4 Å². The quantitative estimate of drug-likeness (QED) is 0.371. The maximum Gasteiger partial charge on any atom is 0.416 e. The highest BCUT2D eigenvalue weighted by Gasteiger charge is 2.44. The van der Waals surface area contributed by atoms with Gasteiger partial charge in [-0.25, -0.2) is 13.4 Å². The second-order valence-electron chi connectivity index (χ2n) is 8.88. The molecule has 11 heteroatoms. The highest BCUT2D eigenvalue weighted by molar-refractivity contribution is 7.91. The van der Waals surface area contributed by atoms with E-state index in [9.17, 15) is 31.6 Å². The Morgan fingerprint density at radius 2 is 1.76 bits per heavy atom. The molecule has 0 amide bonds. The topological polar surface area (TPSA) is 106 Å². The lowest BCUT2D eigenvalue weighted by Gasteiger charge is -2.13. The maximum atomic E-state index is 13.2. The minimum Gasteiger partial charge on any atom is -0.267 e. The van der Waals surface area contributed by atoms with Crippen LogP contribution < -0.4 is 5.56 Å². The van der Waals surface area contributed by atoms with Crippen LogP contribution in [0.5, 0.6) is 0 Å². The lowest BCUT2D eigenvalue weighted by Crippen LogP contribution is -2.25. The van der Waals surface area contributed by atoms with Gasteiger partial charge in [-0.15, -0.1) is 0 Å². The Balaban J connectivity index is 1.65. The Labute approximate surface area is 209 Å². The molecule has 0 atom stereocenters. The van der Waals surface area contributed by atoms with Gasteiger partial charge in [-0.1, -0.05) is 37.3 Å². The maximum absolute atomic E-state index is 13.2. The van der Waals surface area contributed by atoms with Gasteiger partial charge in [0.1, 0.15) is 4.90 Å². The Morgan fingerprint density at radius 3 is 2.35 bits per heavy atom. The van der Waals surface area contributed by atoms with Gasteiger partial charge in [-0.05, 0) is 42.2 Å². The minimum absolute atomic E-state index is 0.177. The van der Waals surface area contributed by atoms with Gasteiger partial charge in [0, 0.05) is 17.1 Å². The number of alkyl halides is 3. The molecule has 2 aromatic heterocycles. The molecule has 1 aliphatic rings. The molecule has 1 fully saturated rings. The van der Waals surface area contributed by atoms with E-state index in [1.54, 1.807) is 12.1 Å². The Hall–Kier alpha value is -4.04. The first-order valence-corrected chi connectivity index (χ1v) is 13.0. The van der Waals surface area contributed by atoms with Crippen LogP contribution in [0.15, 0.2) is 70.6 Å². The van der Waals surface area contributed by atoms with Gasteiger partial charge in [0.15, 0.2) is 15.7 Å². The third-order valence-electron chi connectivity index (χ3n) is 6.60. The van der Waals surface area contributed by atoms with E-state index in [0.29, 0.717) is 21.9 Å². The lowest BCUT2D eigenvalue weighted by atomic mass is 9.95. The largest absolute Gasteiger partial charge is 0.416 e. The van der Waals surface area contributed by atoms with Gasteiger partial charge in [-0.3, -0.25) is 4.79 Å². The van der Waals surface area contributed by atoms with E-state index < -0.39 is 32.6 Å². The van der Waals surface area contributed by atoms with E-state index in [2.05, 4.69) is 16.2 Å². The van der Waals surface area contributed by atoms with Gasteiger partial charge < -0.3 is 0 Å². The van der Waals surface area contributed by atoms with Crippen LogP contribution in [0.3, 0.4) is 0 Å². The van der Waals surface area contributed by atoms with Crippen LogP contribution in [0.1, 0.15) is 30.9 Å². The number of nitriles is 1. The zero-order valence-electron chi connectivity index (χ0n) is 19.5. The molecule has 188 valence electrons. The minimum atomic E-state index is -4.66. The average Bonchev–Trinajstić information content (AvgIpc) is 3.69. The standard InChI is InChI=1S/C26H19F3N4O3S/c1-2-37(35,36)22-11-18(16-3-6-19(7-4-16)25(15-30)9-10-25)13-31-23(22)33-24(34)21-12-20(26(27,28)29)8-5-17(21)14-32-33/h3-8,11-14H,2,9-10H2,1H3. The number of pyridine rings is 1. The smallest absolute Gasteiger partial charge is 0.267 e. The van der Waals surface area contributed by atoms with E-state index in [1.165, 1.54) is 25.4 Å². The number of hydrogen-bond acceptors (Lipinski definition) is 6. The van der Waals surface area contributed by atoms with Crippen LogP contribution in [-0.4, -0.2) is 28.9 Å². The summed E-state index contributed by atoms with van der Waals surface area (Å²) < 4.78 is 66.4. The fraction of sp³-hybridized carbons (Fsp3) is 0.231. The van der Waals surface area contributed by atoms with Crippen molar-refractivity contribution in [2.45, 2.75) is 36.3 Å². The molecule has 0 N–H and O–H groups in total. The fourth-order valence-corrected chi connectivity index (χ4v) is 5.21. The second kappa shape index (κ2) is 8.52. The number of benzene rings is 2. The van der Waals surface area contributed by atoms with Crippen LogP contribution in [0.25, 0.3) is 27.7 Å².